The van der Waals surface area contributed by atoms with Crippen LogP contribution in [0.5, 0.6) is 0 Å². The molecule has 0 bridgehead atoms. The number of benzene rings is 1. The van der Waals surface area contributed by atoms with Crippen molar-refractivity contribution in [3.8, 4) is 0 Å². The van der Waals surface area contributed by atoms with E-state index in [0.29, 0.717) is 11.1 Å². The van der Waals surface area contributed by atoms with Gasteiger partial charge < -0.3 is 51.4 Å². The number of halogens is 3. The van der Waals surface area contributed by atoms with E-state index in [1.165, 1.54) is 0 Å². The third kappa shape index (κ3) is 28.8. The van der Waals surface area contributed by atoms with E-state index in [1.54, 1.807) is 135 Å². The van der Waals surface area contributed by atoms with Gasteiger partial charge in [0.05, 0.1) is 19.3 Å². The summed E-state index contributed by atoms with van der Waals surface area (Å²) in [5, 5.41) is 17.4. The molecule has 24 heteroatoms. The second-order valence-electron chi connectivity index (χ2n) is 26.3. The molecule has 1 fully saturated rings. The Kier molecular flexibility index (Phi) is 28.0. The van der Waals surface area contributed by atoms with E-state index in [1.807, 2.05) is 0 Å². The molecule has 0 aromatic heterocycles. The Bertz CT molecular complexity index is 2470. The molecule has 2 rings (SSSR count). The molecule has 0 spiro atoms. The quantitative estimate of drug-likeness (QED) is 0.0283. The lowest BCUT2D eigenvalue weighted by Crippen LogP contribution is -2.62. The van der Waals surface area contributed by atoms with E-state index in [9.17, 15) is 65.9 Å². The molecule has 7 N–H and O–H groups in total. The number of aryl methyl sites for hydroxylation is 1. The van der Waals surface area contributed by atoms with Gasteiger partial charge in [-0.05, 0) is 130 Å². The van der Waals surface area contributed by atoms with Crippen molar-refractivity contribution in [3.63, 3.8) is 0 Å². The van der Waals surface area contributed by atoms with Crippen LogP contribution in [0.2, 0.25) is 0 Å². The lowest BCUT2D eigenvalue weighted by atomic mass is 9.84. The monoisotopic (exact) mass is 1190 g/mol. The van der Waals surface area contributed by atoms with E-state index >= 15 is 0 Å². The zero-order valence-electron chi connectivity index (χ0n) is 52.0. The van der Waals surface area contributed by atoms with Crippen LogP contribution in [0.15, 0.2) is 24.3 Å². The van der Waals surface area contributed by atoms with Gasteiger partial charge in [0.2, 0.25) is 41.2 Å². The predicted molar refractivity (Wildman–Crippen MR) is 306 cm³/mol. The fourth-order valence-corrected chi connectivity index (χ4v) is 9.15. The van der Waals surface area contributed by atoms with Gasteiger partial charge in [-0.3, -0.25) is 52.7 Å². The third-order valence-corrected chi connectivity index (χ3v) is 13.2. The Labute approximate surface area is 493 Å². The highest BCUT2D eigenvalue weighted by Gasteiger charge is 2.42. The number of carbonyl (C=O) groups excluding carboxylic acids is 11. The molecule has 0 heterocycles. The van der Waals surface area contributed by atoms with Gasteiger partial charge in [0.1, 0.15) is 53.1 Å². The minimum absolute atomic E-state index is 0.00672. The average Bonchev–Trinajstić information content (AvgIpc) is 3.55. The van der Waals surface area contributed by atoms with Gasteiger partial charge >= 0.3 is 24.1 Å². The number of hydrogen-bond acceptors (Lipinski definition) is 14. The maximum Gasteiger partial charge on any atom is 0.391 e. The van der Waals surface area contributed by atoms with Crippen LogP contribution in [0.25, 0.3) is 0 Å². The molecule has 1 aliphatic carbocycles. The number of rotatable bonds is 28. The van der Waals surface area contributed by atoms with Crippen molar-refractivity contribution in [2.45, 2.75) is 260 Å². The molecule has 0 radical (unpaired) electrons. The molecule has 7 atom stereocenters. The van der Waals surface area contributed by atoms with Crippen LogP contribution in [0.4, 0.5) is 13.2 Å². The van der Waals surface area contributed by atoms with Gasteiger partial charge in [0.15, 0.2) is 0 Å². The van der Waals surface area contributed by atoms with Crippen LogP contribution in [0.3, 0.4) is 0 Å². The largest absolute Gasteiger partial charge is 0.460 e. The second kappa shape index (κ2) is 32.0. The molecule has 7 amide bonds. The van der Waals surface area contributed by atoms with Crippen molar-refractivity contribution >= 4 is 65.0 Å². The maximum atomic E-state index is 14.8. The number of esters is 3. The summed E-state index contributed by atoms with van der Waals surface area (Å²) in [6, 6.07) is -4.16. The van der Waals surface area contributed by atoms with Gasteiger partial charge in [-0.15, -0.1) is 0 Å². The molecular weight excluding hydrogens is 1100 g/mol. The Balaban J connectivity index is 2.61. The highest BCUT2D eigenvalue weighted by molar-refractivity contribution is 6.38. The maximum absolute atomic E-state index is 14.8. The van der Waals surface area contributed by atoms with Crippen LogP contribution in [0.1, 0.15) is 192 Å². The topological polar surface area (TPSA) is 300 Å². The number of ether oxygens (including phenoxy) is 3. The smallest absolute Gasteiger partial charge is 0.391 e. The van der Waals surface area contributed by atoms with Crippen LogP contribution < -0.4 is 37.2 Å². The fourth-order valence-electron chi connectivity index (χ4n) is 9.15. The highest BCUT2D eigenvalue weighted by Crippen LogP contribution is 2.28. The molecule has 1 aromatic rings. The van der Waals surface area contributed by atoms with Gasteiger partial charge in [-0.2, -0.15) is 13.2 Å². The molecule has 0 aliphatic heterocycles. The highest BCUT2D eigenvalue weighted by atomic mass is 19.4. The first kappa shape index (κ1) is 73.5. The summed E-state index contributed by atoms with van der Waals surface area (Å²) in [7, 11) is 0. The van der Waals surface area contributed by atoms with Gasteiger partial charge in [0, 0.05) is 25.3 Å². The van der Waals surface area contributed by atoms with E-state index in [4.69, 9.17) is 14.2 Å². The molecule has 21 nitrogen and oxygen atoms in total. The zero-order chi connectivity index (χ0) is 64.3. The molecule has 1 aliphatic rings. The summed E-state index contributed by atoms with van der Waals surface area (Å²) in [4.78, 5) is 151. The number of Topliss-reactive ketones (excluding diaryl/α,β-unsaturated/α-hetero) is 1. The summed E-state index contributed by atoms with van der Waals surface area (Å²) in [6.45, 7) is 25.9. The molecular formula is C60H94F3N7O14. The van der Waals surface area contributed by atoms with E-state index in [2.05, 4.69) is 37.2 Å². The standard InChI is InChI=1S/C60H94F3N7O14/c1-34(2)30-40(51(77)69-43(33-60(61,62)63)48(75)54(80)64-36(4)37-23-18-17-19-24-37)68-55(81)49(56(5,6)7)70-53(79)41(31-38-25-21-20-22-35(38)3)67-50(76)39(26-28-45(72)82-57(8,9)10)66-52(78)42(32-47(74)84-59(14,15)16)65-44(71)27-29-46(73)83-58(11,12)13/h20-22,25,34,36-37,39-43,49H,17-19,23-24,26-33H2,1-16H3,(H,64,80)(H,65,71)(H,66,78)(H,67,76)(H,68,81)(H,69,77)(H,70,79)/t36-,39-,40-,41-,42-,43?,49+/m0/s1. The van der Waals surface area contributed by atoms with Crippen LogP contribution >= 0.6 is 0 Å². The first-order valence-corrected chi connectivity index (χ1v) is 28.9. The van der Waals surface area contributed by atoms with Gasteiger partial charge in [0.25, 0.3) is 5.91 Å². The van der Waals surface area contributed by atoms with Gasteiger partial charge in [-0.1, -0.05) is 78.1 Å². The van der Waals surface area contributed by atoms with E-state index in [-0.39, 0.29) is 24.7 Å². The Morgan fingerprint density at radius 3 is 1.54 bits per heavy atom. The average molecular weight is 1190 g/mol. The molecule has 1 saturated carbocycles. The van der Waals surface area contributed by atoms with Crippen LogP contribution in [-0.4, -0.2) is 130 Å². The predicted octanol–water partition coefficient (Wildman–Crippen LogP) is 6.12. The number of hydrogen-bond donors (Lipinski definition) is 7. The van der Waals surface area contributed by atoms with E-state index in [0.717, 1.165) is 32.1 Å². The van der Waals surface area contributed by atoms with Crippen molar-refractivity contribution in [1.29, 1.82) is 0 Å². The Morgan fingerprint density at radius 2 is 1.01 bits per heavy atom. The van der Waals surface area contributed by atoms with Crippen molar-refractivity contribution in [3.05, 3.63) is 35.4 Å². The normalized spacial score (nSPS) is 16.0. The lowest BCUT2D eigenvalue weighted by molar-refractivity contribution is -0.158. The number of amides is 7. The zero-order valence-corrected chi connectivity index (χ0v) is 52.0. The first-order valence-electron chi connectivity index (χ1n) is 28.9. The molecule has 84 heavy (non-hydrogen) atoms. The van der Waals surface area contributed by atoms with Crippen molar-refractivity contribution in [2.24, 2.45) is 17.3 Å². The second-order valence-corrected chi connectivity index (χ2v) is 26.3. The summed E-state index contributed by atoms with van der Waals surface area (Å²) < 4.78 is 58.3. The molecule has 474 valence electrons. The lowest BCUT2D eigenvalue weighted by Gasteiger charge is -2.34. The third-order valence-electron chi connectivity index (χ3n) is 13.2. The van der Waals surface area contributed by atoms with Crippen LogP contribution in [0, 0.1) is 24.2 Å². The summed E-state index contributed by atoms with van der Waals surface area (Å²) >= 11 is 0. The fraction of sp³-hybridized carbons (Fsp3) is 0.717. The summed E-state index contributed by atoms with van der Waals surface area (Å²) in [6.07, 6.45) is -5.52. The van der Waals surface area contributed by atoms with Crippen LogP contribution in [-0.2, 0) is 73.4 Å². The number of nitrogens with one attached hydrogen (secondary N) is 7. The van der Waals surface area contributed by atoms with Gasteiger partial charge in [-0.25, -0.2) is 0 Å². The number of ketones is 1. The van der Waals surface area contributed by atoms with Crippen molar-refractivity contribution < 1.29 is 80.1 Å². The SMILES string of the molecule is Cc1ccccc1C[C@H](NC(=O)[C@H](CCC(=O)OC(C)(C)C)NC(=O)[C@H](CC(=O)OC(C)(C)C)NC(=O)CCC(=O)OC(C)(C)C)C(=O)N[C@H](C(=O)N[C@@H](CC(C)C)C(=O)NC(CC(F)(F)F)C(=O)C(=O)N[C@@H](C)C1CCCCC1)C(C)(C)C. The molecule has 1 unspecified atom stereocenters. The minimum Gasteiger partial charge on any atom is -0.460 e. The summed E-state index contributed by atoms with van der Waals surface area (Å²) in [5.74, 6) is -11.7. The Hall–Kier alpha value is -6.62. The minimum atomic E-state index is -5.01. The van der Waals surface area contributed by atoms with E-state index < -0.39 is 174 Å². The number of alkyl halides is 3. The molecule has 1 aromatic carbocycles. The number of carbonyl (C=O) groups is 11. The summed E-state index contributed by atoms with van der Waals surface area (Å²) in [5.41, 5.74) is -2.83. The van der Waals surface area contributed by atoms with Crippen molar-refractivity contribution in [1.82, 2.24) is 37.2 Å². The first-order chi connectivity index (χ1) is 38.4. The molecule has 0 saturated heterocycles. The Morgan fingerprint density at radius 1 is 0.536 bits per heavy atom. The van der Waals surface area contributed by atoms with Crippen molar-refractivity contribution in [2.75, 3.05) is 0 Å².